The number of aromatic hydroxyl groups is 2. The topological polar surface area (TPSA) is 86.2 Å². The van der Waals surface area contributed by atoms with E-state index >= 15 is 0 Å². The molecular weight excluding hydrogens is 324 g/mol. The molecule has 4 rings (SSSR count). The second kappa shape index (κ2) is 5.94. The number of nitrogens with zero attached hydrogens (tertiary/aromatic N) is 1. The Balaban J connectivity index is 1.88. The summed E-state index contributed by atoms with van der Waals surface area (Å²) in [5.41, 5.74) is 1.62. The third-order valence-electron chi connectivity index (χ3n) is 4.57. The molecule has 0 aliphatic heterocycles. The van der Waals surface area contributed by atoms with Crippen LogP contribution in [0, 0.1) is 0 Å². The molecule has 5 nitrogen and oxygen atoms in total. The average Bonchev–Trinajstić information content (AvgIpc) is 2.87. The van der Waals surface area contributed by atoms with E-state index in [1.165, 1.54) is 35.4 Å². The van der Waals surface area contributed by atoms with E-state index in [0.29, 0.717) is 11.4 Å². The molecule has 3 N–H and O–H groups in total. The van der Waals surface area contributed by atoms with Gasteiger partial charge in [0, 0.05) is 10.4 Å². The van der Waals surface area contributed by atoms with Gasteiger partial charge in [-0.3, -0.25) is 4.79 Å². The Hall–Kier alpha value is -2.34. The summed E-state index contributed by atoms with van der Waals surface area (Å²) in [7, 11) is 0. The molecular formula is C18H18N2O3S. The van der Waals surface area contributed by atoms with E-state index in [1.54, 1.807) is 17.4 Å². The number of phenolic OH excluding ortho intramolecular Hbond substituents is 2. The van der Waals surface area contributed by atoms with Crippen molar-refractivity contribution in [2.45, 2.75) is 38.5 Å². The van der Waals surface area contributed by atoms with Crippen LogP contribution in [0.4, 0.5) is 0 Å². The smallest absolute Gasteiger partial charge is 0.260 e. The number of aromatic nitrogens is 2. The van der Waals surface area contributed by atoms with Crippen LogP contribution in [0.1, 0.15) is 36.1 Å². The second-order valence-corrected chi connectivity index (χ2v) is 7.30. The maximum Gasteiger partial charge on any atom is 0.260 e. The fourth-order valence-corrected chi connectivity index (χ4v) is 4.59. The highest BCUT2D eigenvalue weighted by Gasteiger charge is 2.19. The number of benzene rings is 1. The van der Waals surface area contributed by atoms with Crippen molar-refractivity contribution in [1.82, 2.24) is 9.97 Å². The first-order valence-electron chi connectivity index (χ1n) is 8.20. The highest BCUT2D eigenvalue weighted by molar-refractivity contribution is 7.18. The molecule has 2 heterocycles. The lowest BCUT2D eigenvalue weighted by atomic mass is 9.98. The van der Waals surface area contributed by atoms with Gasteiger partial charge < -0.3 is 15.2 Å². The van der Waals surface area contributed by atoms with Crippen molar-refractivity contribution in [3.8, 4) is 22.9 Å². The summed E-state index contributed by atoms with van der Waals surface area (Å²) in [5.74, 6) is -0.00743. The normalized spacial score (nSPS) is 15.0. The van der Waals surface area contributed by atoms with E-state index in [2.05, 4.69) is 9.97 Å². The molecule has 0 spiro atoms. The van der Waals surface area contributed by atoms with E-state index in [0.717, 1.165) is 35.9 Å². The Labute approximate surface area is 142 Å². The van der Waals surface area contributed by atoms with Crippen LogP contribution in [0.3, 0.4) is 0 Å². The van der Waals surface area contributed by atoms with E-state index in [1.807, 2.05) is 0 Å². The van der Waals surface area contributed by atoms with Crippen molar-refractivity contribution >= 4 is 21.6 Å². The van der Waals surface area contributed by atoms with E-state index < -0.39 is 0 Å². The minimum atomic E-state index is -0.228. The summed E-state index contributed by atoms with van der Waals surface area (Å²) in [6.45, 7) is 0. The molecule has 0 bridgehead atoms. The van der Waals surface area contributed by atoms with E-state index in [4.69, 9.17) is 0 Å². The molecule has 0 amide bonds. The summed E-state index contributed by atoms with van der Waals surface area (Å²) >= 11 is 1.61. The summed E-state index contributed by atoms with van der Waals surface area (Å²) in [5, 5.41) is 19.8. The molecule has 0 unspecified atom stereocenters. The fraction of sp³-hybridized carbons (Fsp3) is 0.333. The minimum Gasteiger partial charge on any atom is -0.504 e. The highest BCUT2D eigenvalue weighted by atomic mass is 32.1. The van der Waals surface area contributed by atoms with Crippen LogP contribution < -0.4 is 5.56 Å². The summed E-state index contributed by atoms with van der Waals surface area (Å²) in [6.07, 6.45) is 6.70. The number of phenols is 2. The van der Waals surface area contributed by atoms with Crippen molar-refractivity contribution in [3.05, 3.63) is 39.0 Å². The maximum absolute atomic E-state index is 12.7. The van der Waals surface area contributed by atoms with Gasteiger partial charge in [-0.05, 0) is 49.4 Å². The molecule has 0 fully saturated rings. The second-order valence-electron chi connectivity index (χ2n) is 6.22. The number of hydrogen-bond donors (Lipinski definition) is 3. The van der Waals surface area contributed by atoms with Crippen LogP contribution in [0.2, 0.25) is 0 Å². The largest absolute Gasteiger partial charge is 0.504 e. The van der Waals surface area contributed by atoms with Gasteiger partial charge in [-0.2, -0.15) is 0 Å². The molecule has 0 saturated heterocycles. The summed E-state index contributed by atoms with van der Waals surface area (Å²) in [6, 6.07) is 4.43. The Morgan fingerprint density at radius 1 is 1.04 bits per heavy atom. The van der Waals surface area contributed by atoms with Crippen LogP contribution in [0.5, 0.6) is 11.5 Å². The number of aryl methyl sites for hydroxylation is 2. The first-order chi connectivity index (χ1) is 11.6. The summed E-state index contributed by atoms with van der Waals surface area (Å²) in [4.78, 5) is 22.1. The van der Waals surface area contributed by atoms with Gasteiger partial charge in [-0.15, -0.1) is 11.3 Å². The predicted molar refractivity (Wildman–Crippen MR) is 94.9 cm³/mol. The lowest BCUT2D eigenvalue weighted by Gasteiger charge is -2.08. The molecule has 0 radical (unpaired) electrons. The molecule has 124 valence electrons. The Morgan fingerprint density at radius 2 is 1.83 bits per heavy atom. The molecule has 0 atom stereocenters. The SMILES string of the molecule is O=c1[nH]c(-c2ccc(O)c(O)c2)nc2sc3c(c12)CCCCCC3. The Morgan fingerprint density at radius 3 is 2.62 bits per heavy atom. The number of fused-ring (bicyclic) bond motifs is 3. The molecule has 1 aliphatic carbocycles. The number of H-pyrrole nitrogens is 1. The zero-order valence-electron chi connectivity index (χ0n) is 13.1. The molecule has 1 aliphatic rings. The first kappa shape index (κ1) is 15.2. The van der Waals surface area contributed by atoms with Crippen LogP contribution in [0.25, 0.3) is 21.6 Å². The van der Waals surface area contributed by atoms with E-state index in [9.17, 15) is 15.0 Å². The van der Waals surface area contributed by atoms with Gasteiger partial charge in [0.25, 0.3) is 5.56 Å². The van der Waals surface area contributed by atoms with Crippen LogP contribution in [0.15, 0.2) is 23.0 Å². The number of aromatic amines is 1. The quantitative estimate of drug-likeness (QED) is 0.588. The number of rotatable bonds is 1. The van der Waals surface area contributed by atoms with E-state index in [-0.39, 0.29) is 17.1 Å². The fourth-order valence-electron chi connectivity index (χ4n) is 3.32. The van der Waals surface area contributed by atoms with Crippen molar-refractivity contribution in [3.63, 3.8) is 0 Å². The Bertz CT molecular complexity index is 974. The Kier molecular flexibility index (Phi) is 3.76. The van der Waals surface area contributed by atoms with Gasteiger partial charge in [0.2, 0.25) is 0 Å². The van der Waals surface area contributed by atoms with Crippen LogP contribution >= 0.6 is 11.3 Å². The first-order valence-corrected chi connectivity index (χ1v) is 9.02. The third kappa shape index (κ3) is 2.57. The number of thiophene rings is 1. The maximum atomic E-state index is 12.7. The molecule has 3 aromatic rings. The zero-order chi connectivity index (χ0) is 16.7. The predicted octanol–water partition coefficient (Wildman–Crippen LogP) is 3.72. The van der Waals surface area contributed by atoms with Gasteiger partial charge in [-0.1, -0.05) is 12.8 Å². The monoisotopic (exact) mass is 342 g/mol. The van der Waals surface area contributed by atoms with Gasteiger partial charge in [0.1, 0.15) is 10.7 Å². The van der Waals surface area contributed by atoms with Crippen molar-refractivity contribution in [1.29, 1.82) is 0 Å². The van der Waals surface area contributed by atoms with Crippen molar-refractivity contribution in [2.75, 3.05) is 0 Å². The highest BCUT2D eigenvalue weighted by Crippen LogP contribution is 2.34. The number of nitrogens with one attached hydrogen (secondary N) is 1. The average molecular weight is 342 g/mol. The van der Waals surface area contributed by atoms with Gasteiger partial charge in [0.15, 0.2) is 11.5 Å². The van der Waals surface area contributed by atoms with Gasteiger partial charge in [-0.25, -0.2) is 4.98 Å². The van der Waals surface area contributed by atoms with Crippen LogP contribution in [-0.2, 0) is 12.8 Å². The standard InChI is InChI=1S/C18H18N2O3S/c21-12-8-7-10(9-13(12)22)16-19-17(23)15-11-5-3-1-2-4-6-14(11)24-18(15)20-16/h7-9,21-22H,1-6H2,(H,19,20,23). The summed E-state index contributed by atoms with van der Waals surface area (Å²) < 4.78 is 0. The molecule has 24 heavy (non-hydrogen) atoms. The number of hydrogen-bond acceptors (Lipinski definition) is 5. The molecule has 1 aromatic carbocycles. The molecule has 0 saturated carbocycles. The zero-order valence-corrected chi connectivity index (χ0v) is 13.9. The van der Waals surface area contributed by atoms with Crippen molar-refractivity contribution < 1.29 is 10.2 Å². The molecule has 2 aromatic heterocycles. The van der Waals surface area contributed by atoms with Crippen LogP contribution in [-0.4, -0.2) is 20.2 Å². The van der Waals surface area contributed by atoms with Crippen molar-refractivity contribution in [2.24, 2.45) is 0 Å². The third-order valence-corrected chi connectivity index (χ3v) is 5.76. The lowest BCUT2D eigenvalue weighted by Crippen LogP contribution is -2.10. The molecule has 6 heteroatoms. The van der Waals surface area contributed by atoms with Gasteiger partial charge >= 0.3 is 0 Å². The lowest BCUT2D eigenvalue weighted by molar-refractivity contribution is 0.404. The minimum absolute atomic E-state index is 0.124. The van der Waals surface area contributed by atoms with Gasteiger partial charge in [0.05, 0.1) is 5.39 Å².